The molecule has 3 fully saturated rings. The molecule has 4 aliphatic rings. The van der Waals surface area contributed by atoms with Gasteiger partial charge >= 0.3 is 0 Å². The zero-order chi connectivity index (χ0) is 35.8. The van der Waals surface area contributed by atoms with Gasteiger partial charge in [-0.1, -0.05) is 84.4 Å². The number of carbonyl (C=O) groups excluding carboxylic acids is 4. The number of ether oxygens (including phenoxy) is 1. The van der Waals surface area contributed by atoms with Crippen LogP contribution < -0.4 is 14.5 Å². The zero-order valence-electron chi connectivity index (χ0n) is 27.5. The van der Waals surface area contributed by atoms with Gasteiger partial charge < -0.3 is 9.84 Å². The van der Waals surface area contributed by atoms with Crippen molar-refractivity contribution in [2.45, 2.75) is 24.2 Å². The molecule has 8 nitrogen and oxygen atoms in total. The van der Waals surface area contributed by atoms with Crippen LogP contribution in [0.15, 0.2) is 114 Å². The number of carbonyl (C=O) groups is 4. The van der Waals surface area contributed by atoms with Gasteiger partial charge in [0.25, 0.3) is 0 Å². The first-order chi connectivity index (χ1) is 24.6. The summed E-state index contributed by atoms with van der Waals surface area (Å²) in [5, 5.41) is 11.2. The van der Waals surface area contributed by atoms with Crippen molar-refractivity contribution in [3.8, 4) is 11.5 Å². The van der Waals surface area contributed by atoms with Crippen molar-refractivity contribution in [2.75, 3.05) is 16.9 Å². The van der Waals surface area contributed by atoms with E-state index >= 15 is 4.79 Å². The van der Waals surface area contributed by atoms with Crippen LogP contribution in [0, 0.1) is 23.7 Å². The predicted octanol–water partition coefficient (Wildman–Crippen LogP) is 7.83. The van der Waals surface area contributed by atoms with Crippen molar-refractivity contribution in [3.63, 3.8) is 0 Å². The Morgan fingerprint density at radius 2 is 1.63 bits per heavy atom. The molecule has 1 saturated carbocycles. The van der Waals surface area contributed by atoms with Crippen molar-refractivity contribution >= 4 is 68.6 Å². The minimum atomic E-state index is -1.46. The topological polar surface area (TPSA) is 104 Å². The fourth-order valence-electron chi connectivity index (χ4n) is 9.05. The Bertz CT molecular complexity index is 2190. The predicted molar refractivity (Wildman–Crippen MR) is 197 cm³/mol. The molecule has 0 aromatic heterocycles. The highest BCUT2D eigenvalue weighted by Crippen LogP contribution is 2.65. The summed E-state index contributed by atoms with van der Waals surface area (Å²) in [6, 6.07) is 26.5. The van der Waals surface area contributed by atoms with Gasteiger partial charge in [0.2, 0.25) is 23.6 Å². The molecule has 8 rings (SSSR count). The number of hydrogen-bond donors (Lipinski definition) is 1. The third-order valence-electron chi connectivity index (χ3n) is 11.2. The van der Waals surface area contributed by atoms with Crippen molar-refractivity contribution in [1.82, 2.24) is 0 Å². The Hall–Kier alpha value is -4.99. The minimum Gasteiger partial charge on any atom is -0.503 e. The molecule has 10 heteroatoms. The Kier molecular flexibility index (Phi) is 8.03. The van der Waals surface area contributed by atoms with Crippen LogP contribution in [0.5, 0.6) is 11.5 Å². The standard InChI is InChI=1S/C41H32BrClN2O6/c1-3-22-12-14-26(15-13-22)44-37(47)29-17-16-28-30(34(29)39(44)49)21-31-38(48)45(27-11-7-10-25(43)20-27)40(50)41(31,24-8-5-4-6-9-24)35(28)23-18-32(42)36(46)33(19-23)51-2/h3-16,18-20,29-31,34-35,46H,1,17,21H2,2H3/t29-,30+,31-,34-,35-,41+/m0/s1. The number of aromatic hydroxyl groups is 1. The van der Waals surface area contributed by atoms with Crippen LogP contribution >= 0.6 is 27.5 Å². The van der Waals surface area contributed by atoms with Gasteiger partial charge in [-0.05, 0) is 93.8 Å². The van der Waals surface area contributed by atoms with E-state index in [9.17, 15) is 19.5 Å². The van der Waals surface area contributed by atoms with E-state index in [4.69, 9.17) is 16.3 Å². The summed E-state index contributed by atoms with van der Waals surface area (Å²) in [7, 11) is 1.44. The molecule has 0 radical (unpaired) electrons. The minimum absolute atomic E-state index is 0.110. The second-order valence-corrected chi connectivity index (χ2v) is 14.7. The Morgan fingerprint density at radius 1 is 0.882 bits per heavy atom. The number of hydrogen-bond acceptors (Lipinski definition) is 6. The summed E-state index contributed by atoms with van der Waals surface area (Å²) in [5.41, 5.74) is 2.28. The molecule has 2 heterocycles. The Labute approximate surface area is 308 Å². The summed E-state index contributed by atoms with van der Waals surface area (Å²) < 4.78 is 5.93. The summed E-state index contributed by atoms with van der Waals surface area (Å²) in [4.78, 5) is 61.4. The van der Waals surface area contributed by atoms with Crippen LogP contribution in [0.4, 0.5) is 11.4 Å². The molecule has 256 valence electrons. The average Bonchev–Trinajstić information content (AvgIpc) is 3.53. The largest absolute Gasteiger partial charge is 0.503 e. The molecular formula is C41H32BrClN2O6. The van der Waals surface area contributed by atoms with Crippen LogP contribution in [-0.4, -0.2) is 35.8 Å². The number of halogens is 2. The number of rotatable bonds is 6. The van der Waals surface area contributed by atoms with E-state index in [1.165, 1.54) is 16.9 Å². The molecular weight excluding hydrogens is 732 g/mol. The molecule has 2 saturated heterocycles. The van der Waals surface area contributed by atoms with Gasteiger partial charge in [-0.2, -0.15) is 0 Å². The third-order valence-corrected chi connectivity index (χ3v) is 12.0. The number of methoxy groups -OCH3 is 1. The molecule has 0 bridgehead atoms. The van der Waals surface area contributed by atoms with Crippen LogP contribution in [-0.2, 0) is 24.6 Å². The summed E-state index contributed by atoms with van der Waals surface area (Å²) in [5.74, 6) is -4.99. The third kappa shape index (κ3) is 4.78. The first kappa shape index (κ1) is 33.2. The zero-order valence-corrected chi connectivity index (χ0v) is 29.8. The second kappa shape index (κ2) is 12.4. The molecule has 0 spiro atoms. The van der Waals surface area contributed by atoms with E-state index in [1.54, 1.807) is 54.6 Å². The lowest BCUT2D eigenvalue weighted by Crippen LogP contribution is -2.53. The maximum Gasteiger partial charge on any atom is 0.246 e. The van der Waals surface area contributed by atoms with E-state index in [0.717, 1.165) is 11.1 Å². The lowest BCUT2D eigenvalue weighted by molar-refractivity contribution is -0.127. The molecule has 0 unspecified atom stereocenters. The molecule has 4 aromatic carbocycles. The first-order valence-electron chi connectivity index (χ1n) is 16.7. The van der Waals surface area contributed by atoms with Crippen molar-refractivity contribution < 1.29 is 29.0 Å². The fourth-order valence-corrected chi connectivity index (χ4v) is 9.69. The van der Waals surface area contributed by atoms with E-state index in [-0.39, 0.29) is 36.2 Å². The quantitative estimate of drug-likeness (QED) is 0.159. The van der Waals surface area contributed by atoms with Gasteiger partial charge in [0.05, 0.1) is 46.1 Å². The number of imide groups is 2. The molecule has 2 aliphatic carbocycles. The normalized spacial score (nSPS) is 26.8. The van der Waals surface area contributed by atoms with Gasteiger partial charge in [-0.3, -0.25) is 24.1 Å². The van der Waals surface area contributed by atoms with Crippen LogP contribution in [0.3, 0.4) is 0 Å². The number of phenolic OH excluding ortho intramolecular Hbond substituents is 1. The van der Waals surface area contributed by atoms with E-state index < -0.39 is 46.8 Å². The highest BCUT2D eigenvalue weighted by Gasteiger charge is 2.70. The van der Waals surface area contributed by atoms with Gasteiger partial charge in [0, 0.05) is 10.9 Å². The van der Waals surface area contributed by atoms with E-state index in [0.29, 0.717) is 32.0 Å². The summed E-state index contributed by atoms with van der Waals surface area (Å²) in [6.45, 7) is 3.80. The second-order valence-electron chi connectivity index (χ2n) is 13.5. The molecule has 4 amide bonds. The monoisotopic (exact) mass is 762 g/mol. The van der Waals surface area contributed by atoms with Gasteiger partial charge in [-0.25, -0.2) is 4.90 Å². The first-order valence-corrected chi connectivity index (χ1v) is 17.8. The number of amides is 4. The average molecular weight is 764 g/mol. The maximum absolute atomic E-state index is 15.4. The van der Waals surface area contributed by atoms with Gasteiger partial charge in [-0.15, -0.1) is 0 Å². The number of nitrogens with zero attached hydrogens (tertiary/aromatic N) is 2. The molecule has 51 heavy (non-hydrogen) atoms. The molecule has 2 aliphatic heterocycles. The summed E-state index contributed by atoms with van der Waals surface area (Å²) >= 11 is 9.90. The lowest BCUT2D eigenvalue weighted by atomic mass is 9.49. The highest BCUT2D eigenvalue weighted by atomic mass is 79.9. The number of benzene rings is 4. The smallest absolute Gasteiger partial charge is 0.246 e. The van der Waals surface area contributed by atoms with E-state index in [1.807, 2.05) is 48.5 Å². The number of phenols is 1. The lowest BCUT2D eigenvalue weighted by Gasteiger charge is -2.50. The Morgan fingerprint density at radius 3 is 2.31 bits per heavy atom. The Balaban J connectivity index is 1.36. The van der Waals surface area contributed by atoms with Crippen molar-refractivity contribution in [1.29, 1.82) is 0 Å². The molecule has 1 N–H and O–H groups in total. The van der Waals surface area contributed by atoms with Crippen LogP contribution in [0.25, 0.3) is 6.08 Å². The van der Waals surface area contributed by atoms with Crippen molar-refractivity contribution in [3.05, 3.63) is 135 Å². The van der Waals surface area contributed by atoms with Crippen molar-refractivity contribution in [2.24, 2.45) is 23.7 Å². The van der Waals surface area contributed by atoms with Gasteiger partial charge in [0.15, 0.2) is 11.5 Å². The highest BCUT2D eigenvalue weighted by molar-refractivity contribution is 9.10. The SMILES string of the molecule is C=Cc1ccc(N2C(=O)[C@H]3[C@H](CC=C4[C@H]3C[C@H]3C(=O)N(c5cccc(Cl)c5)C(=O)[C@@]3(c3ccccc3)[C@H]4c3cc(Br)c(O)c(OC)c3)C2=O)cc1. The van der Waals surface area contributed by atoms with Crippen LogP contribution in [0.1, 0.15) is 35.4 Å². The maximum atomic E-state index is 15.4. The number of allylic oxidation sites excluding steroid dienone is 2. The molecule has 6 atom stereocenters. The number of anilines is 2. The summed E-state index contributed by atoms with van der Waals surface area (Å²) in [6.07, 6.45) is 4.14. The van der Waals surface area contributed by atoms with Crippen LogP contribution in [0.2, 0.25) is 5.02 Å². The van der Waals surface area contributed by atoms with Gasteiger partial charge in [0.1, 0.15) is 0 Å². The van der Waals surface area contributed by atoms with E-state index in [2.05, 4.69) is 22.5 Å². The fraction of sp³-hybridized carbons (Fsp3) is 0.220. The molecule has 4 aromatic rings. The number of fused-ring (bicyclic) bond motifs is 4.